The number of carbonyl (C=O) groups is 2. The number of H-pyrrole nitrogens is 1. The van der Waals surface area contributed by atoms with Crippen LogP contribution in [0.5, 0.6) is 11.6 Å². The lowest BCUT2D eigenvalue weighted by atomic mass is 9.98. The van der Waals surface area contributed by atoms with Gasteiger partial charge in [0.2, 0.25) is 11.8 Å². The lowest BCUT2D eigenvalue weighted by molar-refractivity contribution is -0.120. The van der Waals surface area contributed by atoms with Crippen molar-refractivity contribution in [2.24, 2.45) is 5.92 Å². The lowest BCUT2D eigenvalue weighted by Gasteiger charge is -2.23. The standard InChI is InChI=1S/C21H24N4O6S/c1-5-11(2)16(17(26)24-20-22-14(10-32-20)19(28)31-4)25-18(27)15(23-21(25)29)12-6-8-13(30-3)9-7-12/h6-11,16,27H,5H2,1-4H3,(H,23,29)(H,22,24,26)/t11-,16+/m1/s1. The molecule has 1 aromatic carbocycles. The summed E-state index contributed by atoms with van der Waals surface area (Å²) >= 11 is 1.05. The number of aromatic nitrogens is 3. The quantitative estimate of drug-likeness (QED) is 0.440. The number of ether oxygens (including phenoxy) is 2. The van der Waals surface area contributed by atoms with E-state index in [-0.39, 0.29) is 28.3 Å². The van der Waals surface area contributed by atoms with Crippen LogP contribution in [-0.2, 0) is 9.53 Å². The zero-order valence-electron chi connectivity index (χ0n) is 18.0. The van der Waals surface area contributed by atoms with Gasteiger partial charge in [-0.15, -0.1) is 11.3 Å². The van der Waals surface area contributed by atoms with Crippen LogP contribution >= 0.6 is 11.3 Å². The van der Waals surface area contributed by atoms with Crippen molar-refractivity contribution in [3.05, 3.63) is 45.8 Å². The first-order chi connectivity index (χ1) is 15.3. The van der Waals surface area contributed by atoms with Crippen molar-refractivity contribution in [2.45, 2.75) is 26.3 Å². The van der Waals surface area contributed by atoms with Gasteiger partial charge in [-0.3, -0.25) is 4.79 Å². The second-order valence-electron chi connectivity index (χ2n) is 7.08. The fourth-order valence-corrected chi connectivity index (χ4v) is 3.90. The molecule has 0 aliphatic carbocycles. The smallest absolute Gasteiger partial charge is 0.357 e. The summed E-state index contributed by atoms with van der Waals surface area (Å²) in [5.41, 5.74) is 0.200. The van der Waals surface area contributed by atoms with Gasteiger partial charge in [0.25, 0.3) is 0 Å². The average Bonchev–Trinajstić information content (AvgIpc) is 3.38. The summed E-state index contributed by atoms with van der Waals surface area (Å²) in [4.78, 5) is 44.2. The van der Waals surface area contributed by atoms with Gasteiger partial charge in [0.15, 0.2) is 10.8 Å². The first-order valence-electron chi connectivity index (χ1n) is 9.83. The highest BCUT2D eigenvalue weighted by Gasteiger charge is 2.32. The Morgan fingerprint density at radius 1 is 1.28 bits per heavy atom. The number of hydrogen-bond acceptors (Lipinski definition) is 8. The first kappa shape index (κ1) is 23.1. The van der Waals surface area contributed by atoms with Crippen molar-refractivity contribution in [1.29, 1.82) is 0 Å². The predicted molar refractivity (Wildman–Crippen MR) is 119 cm³/mol. The molecule has 2 aromatic heterocycles. The molecule has 3 N–H and O–H groups in total. The van der Waals surface area contributed by atoms with E-state index >= 15 is 0 Å². The molecule has 2 heterocycles. The number of amides is 1. The van der Waals surface area contributed by atoms with E-state index in [1.165, 1.54) is 19.6 Å². The Kier molecular flexibility index (Phi) is 6.98. The molecule has 1 amide bonds. The van der Waals surface area contributed by atoms with Gasteiger partial charge in [-0.1, -0.05) is 20.3 Å². The van der Waals surface area contributed by atoms with Gasteiger partial charge in [-0.2, -0.15) is 0 Å². The molecule has 0 spiro atoms. The zero-order chi connectivity index (χ0) is 23.4. The highest BCUT2D eigenvalue weighted by molar-refractivity contribution is 7.14. The van der Waals surface area contributed by atoms with E-state index in [1.54, 1.807) is 31.2 Å². The lowest BCUT2D eigenvalue weighted by Crippen LogP contribution is -2.35. The van der Waals surface area contributed by atoms with E-state index in [9.17, 15) is 19.5 Å². The zero-order valence-corrected chi connectivity index (χ0v) is 18.9. The number of methoxy groups -OCH3 is 2. The molecule has 0 bridgehead atoms. The Balaban J connectivity index is 1.96. The summed E-state index contributed by atoms with van der Waals surface area (Å²) in [5, 5.41) is 15.1. The minimum atomic E-state index is -1.01. The summed E-state index contributed by atoms with van der Waals surface area (Å²) in [5.74, 6) is -1.18. The molecule has 0 saturated carbocycles. The Morgan fingerprint density at radius 2 is 1.97 bits per heavy atom. The summed E-state index contributed by atoms with van der Waals surface area (Å²) in [6.45, 7) is 3.68. The maximum absolute atomic E-state index is 13.1. The van der Waals surface area contributed by atoms with Crippen LogP contribution in [0.25, 0.3) is 11.3 Å². The monoisotopic (exact) mass is 460 g/mol. The Hall–Kier alpha value is -3.60. The van der Waals surface area contributed by atoms with E-state index in [0.29, 0.717) is 17.7 Å². The maximum atomic E-state index is 13.1. The Bertz CT molecular complexity index is 1160. The van der Waals surface area contributed by atoms with Crippen LogP contribution in [0.3, 0.4) is 0 Å². The van der Waals surface area contributed by atoms with E-state index in [4.69, 9.17) is 4.74 Å². The molecule has 11 heteroatoms. The van der Waals surface area contributed by atoms with Gasteiger partial charge in [-0.05, 0) is 30.2 Å². The van der Waals surface area contributed by atoms with E-state index in [1.807, 2.05) is 6.92 Å². The molecule has 10 nitrogen and oxygen atoms in total. The summed E-state index contributed by atoms with van der Waals surface area (Å²) in [6, 6.07) is 5.77. The van der Waals surface area contributed by atoms with E-state index < -0.39 is 23.6 Å². The fourth-order valence-electron chi connectivity index (χ4n) is 3.22. The minimum Gasteiger partial charge on any atom is -0.497 e. The second kappa shape index (κ2) is 9.69. The van der Waals surface area contributed by atoms with Gasteiger partial charge >= 0.3 is 11.7 Å². The molecule has 0 fully saturated rings. The first-order valence-corrected chi connectivity index (χ1v) is 10.7. The Labute approximate surface area is 187 Å². The molecule has 32 heavy (non-hydrogen) atoms. The number of thiazole rings is 1. The SMILES string of the molecule is CC[C@@H](C)[C@@H](C(=O)Nc1nc(C(=O)OC)cs1)n1c(O)c(-c2ccc(OC)cc2)[nH]c1=O. The van der Waals surface area contributed by atoms with Crippen molar-refractivity contribution in [1.82, 2.24) is 14.5 Å². The number of aromatic amines is 1. The largest absolute Gasteiger partial charge is 0.497 e. The predicted octanol–water partition coefficient (Wildman–Crippen LogP) is 3.03. The fraction of sp³-hybridized carbons (Fsp3) is 0.333. The van der Waals surface area contributed by atoms with Crippen LogP contribution < -0.4 is 15.7 Å². The number of nitrogens with one attached hydrogen (secondary N) is 2. The van der Waals surface area contributed by atoms with Crippen LogP contribution in [0.1, 0.15) is 36.8 Å². The van der Waals surface area contributed by atoms with Gasteiger partial charge in [0.1, 0.15) is 17.5 Å². The third-order valence-electron chi connectivity index (χ3n) is 5.14. The molecule has 0 saturated heterocycles. The number of imidazole rings is 1. The Morgan fingerprint density at radius 3 is 2.56 bits per heavy atom. The highest BCUT2D eigenvalue weighted by Crippen LogP contribution is 2.33. The highest BCUT2D eigenvalue weighted by atomic mass is 32.1. The number of nitrogens with zero attached hydrogens (tertiary/aromatic N) is 2. The van der Waals surface area contributed by atoms with Gasteiger partial charge in [-0.25, -0.2) is 19.1 Å². The van der Waals surface area contributed by atoms with Crippen molar-refractivity contribution in [2.75, 3.05) is 19.5 Å². The second-order valence-corrected chi connectivity index (χ2v) is 7.93. The summed E-state index contributed by atoms with van der Waals surface area (Å²) < 4.78 is 10.8. The van der Waals surface area contributed by atoms with Crippen molar-refractivity contribution < 1.29 is 24.2 Å². The molecule has 3 rings (SSSR count). The van der Waals surface area contributed by atoms with E-state index in [0.717, 1.165) is 15.9 Å². The van der Waals surface area contributed by atoms with Gasteiger partial charge in [0.05, 0.1) is 14.2 Å². The number of carbonyl (C=O) groups excluding carboxylic acids is 2. The maximum Gasteiger partial charge on any atom is 0.357 e. The number of rotatable bonds is 8. The van der Waals surface area contributed by atoms with Gasteiger partial charge < -0.3 is 24.9 Å². The van der Waals surface area contributed by atoms with Crippen molar-refractivity contribution >= 4 is 28.3 Å². The topological polar surface area (TPSA) is 136 Å². The average molecular weight is 461 g/mol. The molecule has 0 aliphatic heterocycles. The number of hydrogen-bond donors (Lipinski definition) is 3. The molecule has 170 valence electrons. The molecule has 0 aliphatic rings. The van der Waals surface area contributed by atoms with Crippen molar-refractivity contribution in [3.8, 4) is 22.9 Å². The van der Waals surface area contributed by atoms with Crippen LogP contribution in [0, 0.1) is 5.92 Å². The number of aromatic hydroxyl groups is 1. The van der Waals surface area contributed by atoms with Gasteiger partial charge in [0, 0.05) is 10.9 Å². The third-order valence-corrected chi connectivity index (χ3v) is 5.90. The van der Waals surface area contributed by atoms with Crippen LogP contribution in [0.2, 0.25) is 0 Å². The summed E-state index contributed by atoms with van der Waals surface area (Å²) in [7, 11) is 2.77. The molecule has 3 aromatic rings. The third kappa shape index (κ3) is 4.52. The number of anilines is 1. The molecule has 0 radical (unpaired) electrons. The molecular formula is C21H24N4O6S. The van der Waals surface area contributed by atoms with E-state index in [2.05, 4.69) is 20.0 Å². The minimum absolute atomic E-state index is 0.0661. The summed E-state index contributed by atoms with van der Waals surface area (Å²) in [6.07, 6.45) is 0.568. The molecule has 0 unspecified atom stereocenters. The van der Waals surface area contributed by atoms with Crippen molar-refractivity contribution in [3.63, 3.8) is 0 Å². The molecular weight excluding hydrogens is 436 g/mol. The van der Waals surface area contributed by atoms with Crippen LogP contribution in [0.15, 0.2) is 34.4 Å². The molecule has 2 atom stereocenters. The normalized spacial score (nSPS) is 12.8. The number of benzene rings is 1. The number of esters is 1. The van der Waals surface area contributed by atoms with Crippen LogP contribution in [-0.4, -0.2) is 45.7 Å². The van der Waals surface area contributed by atoms with Crippen LogP contribution in [0.4, 0.5) is 5.13 Å².